The van der Waals surface area contributed by atoms with Crippen molar-refractivity contribution in [1.29, 1.82) is 0 Å². The van der Waals surface area contributed by atoms with E-state index in [1.54, 1.807) is 42.5 Å². The van der Waals surface area contributed by atoms with Crippen LogP contribution in [0.5, 0.6) is 5.75 Å². The van der Waals surface area contributed by atoms with Gasteiger partial charge in [0.1, 0.15) is 0 Å². The Morgan fingerprint density at radius 2 is 1.71 bits per heavy atom. The average Bonchev–Trinajstić information content (AvgIpc) is 2.55. The van der Waals surface area contributed by atoms with E-state index in [1.165, 1.54) is 6.92 Å². The van der Waals surface area contributed by atoms with Crippen molar-refractivity contribution in [2.75, 3.05) is 22.6 Å². The Labute approximate surface area is 138 Å². The molecule has 7 nitrogen and oxygen atoms in total. The summed E-state index contributed by atoms with van der Waals surface area (Å²) in [4.78, 5) is 34.8. The van der Waals surface area contributed by atoms with Gasteiger partial charge in [-0.05, 0) is 36.4 Å². The van der Waals surface area contributed by atoms with Gasteiger partial charge >= 0.3 is 0 Å². The molecule has 122 valence electrons. The minimum Gasteiger partial charge on any atom is -0.481 e. The molecule has 0 atom stereocenters. The third kappa shape index (κ3) is 3.35. The van der Waals surface area contributed by atoms with Gasteiger partial charge in [0.25, 0.3) is 11.8 Å². The van der Waals surface area contributed by atoms with E-state index in [4.69, 9.17) is 4.74 Å². The monoisotopic (exact) mass is 325 g/mol. The Morgan fingerprint density at radius 1 is 1.04 bits per heavy atom. The zero-order valence-electron chi connectivity index (χ0n) is 12.9. The third-order valence-corrected chi connectivity index (χ3v) is 3.34. The SMILES string of the molecule is CC(=O)Nc1ccc(NC(=O)c2cccc3c2OCC(=O)N3)cc1. The second-order valence-corrected chi connectivity index (χ2v) is 5.23. The number of fused-ring (bicyclic) bond motifs is 1. The fourth-order valence-corrected chi connectivity index (χ4v) is 2.33. The molecule has 0 bridgehead atoms. The predicted molar refractivity (Wildman–Crippen MR) is 89.3 cm³/mol. The lowest BCUT2D eigenvalue weighted by molar-refractivity contribution is -0.118. The van der Waals surface area contributed by atoms with Crippen LogP contribution >= 0.6 is 0 Å². The summed E-state index contributed by atoms with van der Waals surface area (Å²) in [5.74, 6) is -0.421. The fourth-order valence-electron chi connectivity index (χ4n) is 2.33. The van der Waals surface area contributed by atoms with Crippen molar-refractivity contribution in [1.82, 2.24) is 0 Å². The number of benzene rings is 2. The molecular formula is C17H15N3O4. The number of rotatable bonds is 3. The lowest BCUT2D eigenvalue weighted by atomic mass is 10.1. The van der Waals surface area contributed by atoms with Gasteiger partial charge in [-0.3, -0.25) is 14.4 Å². The van der Waals surface area contributed by atoms with Crippen LogP contribution in [-0.4, -0.2) is 24.3 Å². The maximum Gasteiger partial charge on any atom is 0.262 e. The van der Waals surface area contributed by atoms with E-state index in [-0.39, 0.29) is 24.3 Å². The molecule has 0 saturated heterocycles. The van der Waals surface area contributed by atoms with Crippen molar-refractivity contribution in [2.24, 2.45) is 0 Å². The second kappa shape index (κ2) is 6.41. The van der Waals surface area contributed by atoms with Crippen molar-refractivity contribution in [3.63, 3.8) is 0 Å². The second-order valence-electron chi connectivity index (χ2n) is 5.23. The zero-order valence-corrected chi connectivity index (χ0v) is 12.9. The minimum absolute atomic E-state index is 0.122. The van der Waals surface area contributed by atoms with Gasteiger partial charge in [-0.2, -0.15) is 0 Å². The van der Waals surface area contributed by atoms with Crippen molar-refractivity contribution < 1.29 is 19.1 Å². The van der Waals surface area contributed by atoms with Crippen LogP contribution in [0.15, 0.2) is 42.5 Å². The van der Waals surface area contributed by atoms with Gasteiger partial charge < -0.3 is 20.7 Å². The van der Waals surface area contributed by atoms with Crippen LogP contribution in [-0.2, 0) is 9.59 Å². The zero-order chi connectivity index (χ0) is 17.1. The highest BCUT2D eigenvalue weighted by atomic mass is 16.5. The molecular weight excluding hydrogens is 310 g/mol. The fraction of sp³-hybridized carbons (Fsp3) is 0.118. The van der Waals surface area contributed by atoms with Crippen molar-refractivity contribution in [3.8, 4) is 5.75 Å². The van der Waals surface area contributed by atoms with Crippen LogP contribution in [0.3, 0.4) is 0 Å². The smallest absolute Gasteiger partial charge is 0.262 e. The highest BCUT2D eigenvalue weighted by Crippen LogP contribution is 2.32. The Kier molecular flexibility index (Phi) is 4.15. The molecule has 0 fully saturated rings. The summed E-state index contributed by atoms with van der Waals surface area (Å²) < 4.78 is 5.37. The first kappa shape index (κ1) is 15.5. The lowest BCUT2D eigenvalue weighted by Gasteiger charge is -2.20. The van der Waals surface area contributed by atoms with Gasteiger partial charge in [-0.1, -0.05) is 6.07 Å². The van der Waals surface area contributed by atoms with Gasteiger partial charge in [0, 0.05) is 18.3 Å². The molecule has 0 radical (unpaired) electrons. The molecule has 2 aromatic carbocycles. The van der Waals surface area contributed by atoms with Gasteiger partial charge in [0.05, 0.1) is 11.3 Å². The van der Waals surface area contributed by atoms with E-state index < -0.39 is 0 Å². The van der Waals surface area contributed by atoms with Crippen molar-refractivity contribution in [2.45, 2.75) is 6.92 Å². The molecule has 3 amide bonds. The van der Waals surface area contributed by atoms with Crippen molar-refractivity contribution >= 4 is 34.8 Å². The molecule has 0 aromatic heterocycles. The maximum atomic E-state index is 12.5. The molecule has 1 aliphatic heterocycles. The maximum absolute atomic E-state index is 12.5. The highest BCUT2D eigenvalue weighted by molar-refractivity contribution is 6.09. The van der Waals surface area contributed by atoms with Crippen LogP contribution in [0.25, 0.3) is 0 Å². The van der Waals surface area contributed by atoms with E-state index in [0.717, 1.165) is 0 Å². The summed E-state index contributed by atoms with van der Waals surface area (Å²) in [6.07, 6.45) is 0. The van der Waals surface area contributed by atoms with E-state index in [0.29, 0.717) is 28.4 Å². The first-order valence-electron chi connectivity index (χ1n) is 7.27. The van der Waals surface area contributed by atoms with Crippen LogP contribution in [0.2, 0.25) is 0 Å². The number of para-hydroxylation sites is 1. The summed E-state index contributed by atoms with van der Waals surface area (Å²) in [5, 5.41) is 8.07. The molecule has 0 saturated carbocycles. The number of carbonyl (C=O) groups is 3. The molecule has 7 heteroatoms. The minimum atomic E-state index is -0.352. The largest absolute Gasteiger partial charge is 0.481 e. The van der Waals surface area contributed by atoms with Crippen LogP contribution in [0.1, 0.15) is 17.3 Å². The molecule has 0 unspecified atom stereocenters. The van der Waals surface area contributed by atoms with Gasteiger partial charge in [0.2, 0.25) is 5.91 Å². The number of amides is 3. The summed E-state index contributed by atoms with van der Waals surface area (Å²) in [6.45, 7) is 1.30. The number of hydrogen-bond donors (Lipinski definition) is 3. The molecule has 3 N–H and O–H groups in total. The number of anilines is 3. The van der Waals surface area contributed by atoms with Crippen LogP contribution < -0.4 is 20.7 Å². The summed E-state index contributed by atoms with van der Waals surface area (Å²) in [5.41, 5.74) is 2.02. The van der Waals surface area contributed by atoms with E-state index in [1.807, 2.05) is 0 Å². The summed E-state index contributed by atoms with van der Waals surface area (Å²) >= 11 is 0. The quantitative estimate of drug-likeness (QED) is 0.806. The molecule has 24 heavy (non-hydrogen) atoms. The van der Waals surface area contributed by atoms with Crippen molar-refractivity contribution in [3.05, 3.63) is 48.0 Å². The number of ether oxygens (including phenoxy) is 1. The number of nitrogens with one attached hydrogen (secondary N) is 3. The van der Waals surface area contributed by atoms with E-state index in [9.17, 15) is 14.4 Å². The normalized spacial score (nSPS) is 12.5. The Hall–Kier alpha value is -3.35. The van der Waals surface area contributed by atoms with Gasteiger partial charge in [0.15, 0.2) is 12.4 Å². The summed E-state index contributed by atoms with van der Waals surface area (Å²) in [7, 11) is 0. The molecule has 1 aliphatic rings. The van der Waals surface area contributed by atoms with Gasteiger partial charge in [-0.25, -0.2) is 0 Å². The first-order valence-corrected chi connectivity index (χ1v) is 7.27. The van der Waals surface area contributed by atoms with E-state index >= 15 is 0 Å². The third-order valence-electron chi connectivity index (χ3n) is 3.34. The Balaban J connectivity index is 1.77. The molecule has 2 aromatic rings. The molecule has 0 aliphatic carbocycles. The molecule has 3 rings (SSSR count). The Bertz CT molecular complexity index is 815. The predicted octanol–water partition coefficient (Wildman–Crippen LogP) is 2.23. The number of hydrogen-bond acceptors (Lipinski definition) is 4. The number of carbonyl (C=O) groups excluding carboxylic acids is 3. The first-order chi connectivity index (χ1) is 11.5. The van der Waals surface area contributed by atoms with Gasteiger partial charge in [-0.15, -0.1) is 0 Å². The molecule has 0 spiro atoms. The Morgan fingerprint density at radius 3 is 2.38 bits per heavy atom. The molecule has 1 heterocycles. The standard InChI is InChI=1S/C17H15N3O4/c1-10(21)18-11-5-7-12(8-6-11)19-17(23)13-3-2-4-14-16(13)24-9-15(22)20-14/h2-8H,9H2,1H3,(H,18,21)(H,19,23)(H,20,22). The topological polar surface area (TPSA) is 96.5 Å². The van der Waals surface area contributed by atoms with Crippen LogP contribution in [0.4, 0.5) is 17.1 Å². The lowest BCUT2D eigenvalue weighted by Crippen LogP contribution is -2.27. The average molecular weight is 325 g/mol. The van der Waals surface area contributed by atoms with Crippen LogP contribution in [0, 0.1) is 0 Å². The summed E-state index contributed by atoms with van der Waals surface area (Å²) in [6, 6.07) is 11.7. The van der Waals surface area contributed by atoms with E-state index in [2.05, 4.69) is 16.0 Å². The highest BCUT2D eigenvalue weighted by Gasteiger charge is 2.22.